The first-order valence-corrected chi connectivity index (χ1v) is 8.98. The lowest BCUT2D eigenvalue weighted by molar-refractivity contribution is 0.0465. The van der Waals surface area contributed by atoms with E-state index < -0.39 is 11.9 Å². The average molecular weight is 426 g/mol. The second kappa shape index (κ2) is 9.05. The topological polar surface area (TPSA) is 81.2 Å². The van der Waals surface area contributed by atoms with Crippen LogP contribution in [0.2, 0.25) is 0 Å². The fourth-order valence-electron chi connectivity index (χ4n) is 2.24. The van der Waals surface area contributed by atoms with E-state index in [1.165, 1.54) is 12.1 Å². The van der Waals surface area contributed by atoms with Gasteiger partial charge >= 0.3 is 5.97 Å². The molecule has 0 saturated heterocycles. The molecule has 3 aromatic rings. The number of pyridine rings is 2. The van der Waals surface area contributed by atoms with Crippen molar-refractivity contribution >= 4 is 27.8 Å². The van der Waals surface area contributed by atoms with Gasteiger partial charge in [0.25, 0.3) is 5.91 Å². The largest absolute Gasteiger partial charge is 0.456 e. The summed E-state index contributed by atoms with van der Waals surface area (Å²) in [5.41, 5.74) is 1.81. The minimum absolute atomic E-state index is 0.0837. The van der Waals surface area contributed by atoms with E-state index >= 15 is 0 Å². The molecule has 1 amide bonds. The highest BCUT2D eigenvalue weighted by Gasteiger charge is 2.13. The van der Waals surface area contributed by atoms with Crippen molar-refractivity contribution in [3.8, 4) is 0 Å². The van der Waals surface area contributed by atoms with Crippen molar-refractivity contribution in [1.82, 2.24) is 15.3 Å². The molecule has 136 valence electrons. The molecule has 2 aromatic heterocycles. The number of benzene rings is 1. The second-order valence-corrected chi connectivity index (χ2v) is 6.54. The number of aromatic nitrogens is 2. The van der Waals surface area contributed by atoms with Crippen LogP contribution in [0.25, 0.3) is 0 Å². The van der Waals surface area contributed by atoms with E-state index in [1.807, 2.05) is 36.4 Å². The number of nitrogens with zero attached hydrogens (tertiary/aromatic N) is 2. The Hall–Kier alpha value is -3.06. The summed E-state index contributed by atoms with van der Waals surface area (Å²) < 4.78 is 6.10. The summed E-state index contributed by atoms with van der Waals surface area (Å²) in [6.07, 6.45) is 1.66. The SMILES string of the molecule is O=C(NCc1ccc(Br)cn1)c1cccc(C(=O)OCc2ccccc2)n1. The maximum atomic E-state index is 12.3. The van der Waals surface area contributed by atoms with Gasteiger partial charge in [-0.1, -0.05) is 36.4 Å². The van der Waals surface area contributed by atoms with Crippen LogP contribution in [0.3, 0.4) is 0 Å². The number of nitrogens with one attached hydrogen (secondary N) is 1. The van der Waals surface area contributed by atoms with E-state index in [1.54, 1.807) is 18.3 Å². The van der Waals surface area contributed by atoms with Crippen molar-refractivity contribution in [3.63, 3.8) is 0 Å². The summed E-state index contributed by atoms with van der Waals surface area (Å²) in [5, 5.41) is 2.73. The predicted octanol–water partition coefficient (Wildman–Crippen LogP) is 3.53. The van der Waals surface area contributed by atoms with Crippen LogP contribution >= 0.6 is 15.9 Å². The number of rotatable bonds is 6. The first-order valence-electron chi connectivity index (χ1n) is 8.18. The Bertz CT molecular complexity index is 931. The molecule has 6 nitrogen and oxygen atoms in total. The van der Waals surface area contributed by atoms with Crippen molar-refractivity contribution in [3.05, 3.63) is 94.0 Å². The van der Waals surface area contributed by atoms with E-state index in [0.717, 1.165) is 10.0 Å². The molecule has 0 aliphatic carbocycles. The summed E-state index contributed by atoms with van der Waals surface area (Å²) in [6.45, 7) is 0.406. The summed E-state index contributed by atoms with van der Waals surface area (Å²) in [4.78, 5) is 32.7. The molecule has 0 atom stereocenters. The number of amides is 1. The van der Waals surface area contributed by atoms with Gasteiger partial charge in [0.1, 0.15) is 18.0 Å². The van der Waals surface area contributed by atoms with E-state index in [4.69, 9.17) is 4.74 Å². The van der Waals surface area contributed by atoms with Gasteiger partial charge in [-0.2, -0.15) is 0 Å². The van der Waals surface area contributed by atoms with Crippen LogP contribution in [0.1, 0.15) is 32.2 Å². The highest BCUT2D eigenvalue weighted by molar-refractivity contribution is 9.10. The molecule has 0 spiro atoms. The Morgan fingerprint density at radius 3 is 2.48 bits per heavy atom. The van der Waals surface area contributed by atoms with Gasteiger partial charge in [-0.25, -0.2) is 9.78 Å². The van der Waals surface area contributed by atoms with Crippen molar-refractivity contribution in [2.24, 2.45) is 0 Å². The summed E-state index contributed by atoms with van der Waals surface area (Å²) in [7, 11) is 0. The lowest BCUT2D eigenvalue weighted by atomic mass is 10.2. The third kappa shape index (κ3) is 5.46. The van der Waals surface area contributed by atoms with Gasteiger partial charge < -0.3 is 10.1 Å². The molecule has 27 heavy (non-hydrogen) atoms. The number of carbonyl (C=O) groups is 2. The third-order valence-corrected chi connectivity index (χ3v) is 4.09. The molecule has 1 N–H and O–H groups in total. The van der Waals surface area contributed by atoms with Crippen LogP contribution < -0.4 is 5.32 Å². The Morgan fingerprint density at radius 2 is 1.74 bits per heavy atom. The molecule has 0 unspecified atom stereocenters. The molecular weight excluding hydrogens is 410 g/mol. The zero-order chi connectivity index (χ0) is 19.1. The maximum Gasteiger partial charge on any atom is 0.357 e. The fraction of sp³-hybridized carbons (Fsp3) is 0.100. The van der Waals surface area contributed by atoms with Gasteiger partial charge in [0.2, 0.25) is 0 Å². The second-order valence-electron chi connectivity index (χ2n) is 5.62. The molecular formula is C20H16BrN3O3. The monoisotopic (exact) mass is 425 g/mol. The Kier molecular flexibility index (Phi) is 6.27. The molecule has 2 heterocycles. The number of carbonyl (C=O) groups excluding carboxylic acids is 2. The van der Waals surface area contributed by atoms with Crippen molar-refractivity contribution in [1.29, 1.82) is 0 Å². The van der Waals surface area contributed by atoms with E-state index in [2.05, 4.69) is 31.2 Å². The molecule has 3 rings (SSSR count). The Balaban J connectivity index is 1.59. The highest BCUT2D eigenvalue weighted by Crippen LogP contribution is 2.08. The van der Waals surface area contributed by atoms with Crippen LogP contribution in [-0.2, 0) is 17.9 Å². The molecule has 0 saturated carbocycles. The minimum Gasteiger partial charge on any atom is -0.456 e. The lowest BCUT2D eigenvalue weighted by Gasteiger charge is -2.07. The number of hydrogen-bond donors (Lipinski definition) is 1. The number of ether oxygens (including phenoxy) is 1. The molecule has 0 aliphatic heterocycles. The highest BCUT2D eigenvalue weighted by atomic mass is 79.9. The standard InChI is InChI=1S/C20H16BrN3O3/c21-15-9-10-16(22-11-15)12-23-19(25)17-7-4-8-18(24-17)20(26)27-13-14-5-2-1-3-6-14/h1-11H,12-13H2,(H,23,25). The van der Waals surface area contributed by atoms with Crippen LogP contribution in [0.4, 0.5) is 0 Å². The van der Waals surface area contributed by atoms with Gasteiger partial charge in [0.05, 0.1) is 12.2 Å². The van der Waals surface area contributed by atoms with Crippen molar-refractivity contribution < 1.29 is 14.3 Å². The zero-order valence-corrected chi connectivity index (χ0v) is 15.8. The fourth-order valence-corrected chi connectivity index (χ4v) is 2.48. The van der Waals surface area contributed by atoms with Crippen LogP contribution in [0.5, 0.6) is 0 Å². The Labute approximate surface area is 164 Å². The number of hydrogen-bond acceptors (Lipinski definition) is 5. The first kappa shape index (κ1) is 18.7. The molecule has 0 aliphatic rings. The van der Waals surface area contributed by atoms with E-state index in [-0.39, 0.29) is 24.5 Å². The van der Waals surface area contributed by atoms with Gasteiger partial charge in [-0.15, -0.1) is 0 Å². The van der Waals surface area contributed by atoms with Crippen molar-refractivity contribution in [2.45, 2.75) is 13.2 Å². The molecule has 0 radical (unpaired) electrons. The quantitative estimate of drug-likeness (QED) is 0.610. The smallest absolute Gasteiger partial charge is 0.357 e. The maximum absolute atomic E-state index is 12.3. The van der Waals surface area contributed by atoms with Crippen LogP contribution in [0.15, 0.2) is 71.3 Å². The molecule has 0 bridgehead atoms. The predicted molar refractivity (Wildman–Crippen MR) is 103 cm³/mol. The van der Waals surface area contributed by atoms with Gasteiger partial charge in [0.15, 0.2) is 0 Å². The van der Waals surface area contributed by atoms with E-state index in [0.29, 0.717) is 5.69 Å². The van der Waals surface area contributed by atoms with Gasteiger partial charge in [-0.3, -0.25) is 9.78 Å². The number of halogens is 1. The van der Waals surface area contributed by atoms with Crippen LogP contribution in [-0.4, -0.2) is 21.8 Å². The normalized spacial score (nSPS) is 10.3. The molecule has 1 aromatic carbocycles. The molecule has 7 heteroatoms. The summed E-state index contributed by atoms with van der Waals surface area (Å²) >= 11 is 3.31. The van der Waals surface area contributed by atoms with Crippen molar-refractivity contribution in [2.75, 3.05) is 0 Å². The number of esters is 1. The van der Waals surface area contributed by atoms with Gasteiger partial charge in [-0.05, 0) is 45.8 Å². The summed E-state index contributed by atoms with van der Waals surface area (Å²) in [6, 6.07) is 17.6. The zero-order valence-electron chi connectivity index (χ0n) is 14.3. The Morgan fingerprint density at radius 1 is 0.963 bits per heavy atom. The van der Waals surface area contributed by atoms with Crippen LogP contribution in [0, 0.1) is 0 Å². The lowest BCUT2D eigenvalue weighted by Crippen LogP contribution is -2.25. The molecule has 0 fully saturated rings. The van der Waals surface area contributed by atoms with E-state index in [9.17, 15) is 9.59 Å². The summed E-state index contributed by atoms with van der Waals surface area (Å²) in [5.74, 6) is -0.972. The third-order valence-electron chi connectivity index (χ3n) is 3.62. The average Bonchev–Trinajstić information content (AvgIpc) is 2.72. The minimum atomic E-state index is -0.580. The van der Waals surface area contributed by atoms with Gasteiger partial charge in [0, 0.05) is 10.7 Å². The first-order chi connectivity index (χ1) is 13.1.